The van der Waals surface area contributed by atoms with E-state index in [0.717, 1.165) is 68.3 Å². The fraction of sp³-hybridized carbons (Fsp3) is 0.522. The van der Waals surface area contributed by atoms with Crippen molar-refractivity contribution in [3.8, 4) is 0 Å². The molecule has 4 heterocycles. The molecule has 3 aromatic rings. The van der Waals surface area contributed by atoms with Crippen LogP contribution in [0.2, 0.25) is 5.02 Å². The number of rotatable bonds is 6. The molecule has 3 N–H and O–H groups in total. The molecule has 0 amide bonds. The number of ether oxygens (including phenoxy) is 2. The first-order valence-corrected chi connectivity index (χ1v) is 11.9. The molecular weight excluding hydrogens is 442 g/mol. The van der Waals surface area contributed by atoms with Crippen LogP contribution in [-0.2, 0) is 16.0 Å². The first kappa shape index (κ1) is 22.3. The Labute approximate surface area is 198 Å². The van der Waals surface area contributed by atoms with E-state index in [-0.39, 0.29) is 12.2 Å². The molecule has 2 aromatic heterocycles. The molecule has 10 heteroatoms. The number of imidazole rings is 1. The van der Waals surface area contributed by atoms with E-state index in [1.165, 1.54) is 0 Å². The molecule has 0 radical (unpaired) electrons. The molecule has 2 saturated heterocycles. The molecule has 176 valence electrons. The third kappa shape index (κ3) is 5.38. The molecule has 5 rings (SSSR count). The van der Waals surface area contributed by atoms with Crippen LogP contribution in [0.25, 0.3) is 11.2 Å². The van der Waals surface area contributed by atoms with Crippen molar-refractivity contribution in [2.75, 3.05) is 36.9 Å². The summed E-state index contributed by atoms with van der Waals surface area (Å²) in [5.74, 6) is 1.19. The maximum Gasteiger partial charge on any atom is 0.231 e. The summed E-state index contributed by atoms with van der Waals surface area (Å²) in [5.41, 5.74) is 3.32. The highest BCUT2D eigenvalue weighted by Crippen LogP contribution is 2.28. The predicted octanol–water partition coefficient (Wildman–Crippen LogP) is 3.95. The van der Waals surface area contributed by atoms with E-state index < -0.39 is 0 Å². The van der Waals surface area contributed by atoms with E-state index in [4.69, 9.17) is 26.1 Å². The molecule has 33 heavy (non-hydrogen) atoms. The highest BCUT2D eigenvalue weighted by Gasteiger charge is 2.22. The van der Waals surface area contributed by atoms with Crippen molar-refractivity contribution in [1.82, 2.24) is 24.8 Å². The summed E-state index contributed by atoms with van der Waals surface area (Å²) in [6.07, 6.45) is 3.99. The number of hydrogen-bond donors (Lipinski definition) is 3. The molecule has 0 bridgehead atoms. The zero-order chi connectivity index (χ0) is 22.8. The number of nitrogens with zero attached hydrogens (tertiary/aromatic N) is 4. The monoisotopic (exact) mass is 471 g/mol. The third-order valence-electron chi connectivity index (χ3n) is 6.03. The minimum Gasteiger partial charge on any atom is -0.381 e. The standard InChI is InChI=1S/C23H30ClN7O2/c1-14-10-31(11-15(2)33-14)12-16-3-4-19(18(24)9-16)28-23-29-21-20(25-13-26-21)22(30-23)27-17-5-7-32-8-6-17/h3-4,9,13-15,17H,5-8,10-12H2,1-2H3,(H3,25,26,27,28,29,30)/t14-,15+. The van der Waals surface area contributed by atoms with Gasteiger partial charge < -0.3 is 25.1 Å². The van der Waals surface area contributed by atoms with Gasteiger partial charge in [0, 0.05) is 38.9 Å². The summed E-state index contributed by atoms with van der Waals surface area (Å²) in [6.45, 7) is 8.42. The normalized spacial score (nSPS) is 22.5. The van der Waals surface area contributed by atoms with Crippen LogP contribution in [0.1, 0.15) is 32.3 Å². The van der Waals surface area contributed by atoms with Crippen molar-refractivity contribution in [1.29, 1.82) is 0 Å². The second-order valence-electron chi connectivity index (χ2n) is 8.92. The number of benzene rings is 1. The summed E-state index contributed by atoms with van der Waals surface area (Å²) in [4.78, 5) is 19.1. The molecular formula is C23H30ClN7O2. The molecule has 9 nitrogen and oxygen atoms in total. The van der Waals surface area contributed by atoms with Crippen molar-refractivity contribution >= 4 is 40.2 Å². The lowest BCUT2D eigenvalue weighted by Crippen LogP contribution is -2.44. The first-order valence-electron chi connectivity index (χ1n) is 11.5. The van der Waals surface area contributed by atoms with Gasteiger partial charge >= 0.3 is 0 Å². The van der Waals surface area contributed by atoms with Crippen LogP contribution in [0.15, 0.2) is 24.5 Å². The Morgan fingerprint density at radius 2 is 1.94 bits per heavy atom. The molecule has 2 fully saturated rings. The van der Waals surface area contributed by atoms with Gasteiger partial charge in [-0.2, -0.15) is 9.97 Å². The van der Waals surface area contributed by atoms with Crippen molar-refractivity contribution < 1.29 is 9.47 Å². The number of aromatic amines is 1. The summed E-state index contributed by atoms with van der Waals surface area (Å²) < 4.78 is 11.3. The predicted molar refractivity (Wildman–Crippen MR) is 129 cm³/mol. The molecule has 0 unspecified atom stereocenters. The average molecular weight is 472 g/mol. The van der Waals surface area contributed by atoms with Crippen LogP contribution >= 0.6 is 11.6 Å². The fourth-order valence-corrected chi connectivity index (χ4v) is 4.83. The van der Waals surface area contributed by atoms with Crippen LogP contribution in [0.3, 0.4) is 0 Å². The van der Waals surface area contributed by atoms with Crippen molar-refractivity contribution in [2.24, 2.45) is 0 Å². The Bertz CT molecular complexity index is 1090. The minimum absolute atomic E-state index is 0.239. The summed E-state index contributed by atoms with van der Waals surface area (Å²) >= 11 is 6.63. The largest absolute Gasteiger partial charge is 0.381 e. The maximum atomic E-state index is 6.63. The lowest BCUT2D eigenvalue weighted by Gasteiger charge is -2.35. The third-order valence-corrected chi connectivity index (χ3v) is 6.34. The zero-order valence-electron chi connectivity index (χ0n) is 19.0. The van der Waals surface area contributed by atoms with Gasteiger partial charge in [0.1, 0.15) is 5.52 Å². The Balaban J connectivity index is 1.31. The van der Waals surface area contributed by atoms with Gasteiger partial charge in [-0.1, -0.05) is 17.7 Å². The minimum atomic E-state index is 0.239. The van der Waals surface area contributed by atoms with Gasteiger partial charge in [-0.15, -0.1) is 0 Å². The SMILES string of the molecule is C[C@@H]1CN(Cc2ccc(Nc3nc(NC4CCOCC4)c4[nH]cnc4n3)c(Cl)c2)C[C@H](C)O1. The van der Waals surface area contributed by atoms with Gasteiger partial charge in [0.2, 0.25) is 5.95 Å². The van der Waals surface area contributed by atoms with E-state index in [0.29, 0.717) is 22.7 Å². The highest BCUT2D eigenvalue weighted by molar-refractivity contribution is 6.33. The van der Waals surface area contributed by atoms with E-state index in [1.54, 1.807) is 6.33 Å². The van der Waals surface area contributed by atoms with Gasteiger partial charge in [0.15, 0.2) is 11.5 Å². The number of morpholine rings is 1. The highest BCUT2D eigenvalue weighted by atomic mass is 35.5. The van der Waals surface area contributed by atoms with Crippen molar-refractivity contribution in [2.45, 2.75) is 51.5 Å². The van der Waals surface area contributed by atoms with Gasteiger partial charge in [-0.05, 0) is 44.4 Å². The topological polar surface area (TPSA) is 100 Å². The fourth-order valence-electron chi connectivity index (χ4n) is 4.58. The van der Waals surface area contributed by atoms with Crippen LogP contribution in [0, 0.1) is 0 Å². The average Bonchev–Trinajstić information content (AvgIpc) is 3.25. The van der Waals surface area contributed by atoms with Gasteiger partial charge in [-0.25, -0.2) is 4.98 Å². The zero-order valence-corrected chi connectivity index (χ0v) is 19.7. The maximum absolute atomic E-state index is 6.63. The molecule has 2 atom stereocenters. The number of aromatic nitrogens is 4. The Hall–Kier alpha value is -2.46. The van der Waals surface area contributed by atoms with Crippen LogP contribution < -0.4 is 10.6 Å². The van der Waals surface area contributed by atoms with Gasteiger partial charge in [0.25, 0.3) is 0 Å². The lowest BCUT2D eigenvalue weighted by atomic mass is 10.1. The van der Waals surface area contributed by atoms with Gasteiger partial charge in [0.05, 0.1) is 29.2 Å². The molecule has 0 spiro atoms. The van der Waals surface area contributed by atoms with E-state index in [2.05, 4.69) is 50.4 Å². The molecule has 2 aliphatic rings. The number of hydrogen-bond acceptors (Lipinski definition) is 8. The molecule has 0 aliphatic carbocycles. The molecule has 0 saturated carbocycles. The number of nitrogens with one attached hydrogen (secondary N) is 3. The van der Waals surface area contributed by atoms with Crippen LogP contribution in [0.5, 0.6) is 0 Å². The lowest BCUT2D eigenvalue weighted by molar-refractivity contribution is -0.0704. The second-order valence-corrected chi connectivity index (χ2v) is 9.33. The number of fused-ring (bicyclic) bond motifs is 1. The second kappa shape index (κ2) is 9.80. The van der Waals surface area contributed by atoms with E-state index in [1.807, 2.05) is 12.1 Å². The molecule has 2 aliphatic heterocycles. The number of H-pyrrole nitrogens is 1. The quantitative estimate of drug-likeness (QED) is 0.497. The van der Waals surface area contributed by atoms with Crippen LogP contribution in [-0.4, -0.2) is 69.4 Å². The Kier molecular flexibility index (Phi) is 6.64. The van der Waals surface area contributed by atoms with Crippen LogP contribution in [0.4, 0.5) is 17.5 Å². The summed E-state index contributed by atoms with van der Waals surface area (Å²) in [6, 6.07) is 6.38. The first-order chi connectivity index (χ1) is 16.0. The van der Waals surface area contributed by atoms with Gasteiger partial charge in [-0.3, -0.25) is 4.90 Å². The number of anilines is 3. The van der Waals surface area contributed by atoms with E-state index in [9.17, 15) is 0 Å². The Morgan fingerprint density at radius 3 is 2.70 bits per heavy atom. The smallest absolute Gasteiger partial charge is 0.231 e. The summed E-state index contributed by atoms with van der Waals surface area (Å²) in [7, 11) is 0. The Morgan fingerprint density at radius 1 is 1.15 bits per heavy atom. The number of halogens is 1. The molecule has 1 aromatic carbocycles. The summed E-state index contributed by atoms with van der Waals surface area (Å²) in [5, 5.41) is 7.42. The van der Waals surface area contributed by atoms with E-state index >= 15 is 0 Å². The van der Waals surface area contributed by atoms with Crippen molar-refractivity contribution in [3.63, 3.8) is 0 Å². The van der Waals surface area contributed by atoms with Crippen molar-refractivity contribution in [3.05, 3.63) is 35.1 Å².